The largest absolute Gasteiger partial charge is 0.480 e. The van der Waals surface area contributed by atoms with Crippen LogP contribution < -0.4 is 21.3 Å². The summed E-state index contributed by atoms with van der Waals surface area (Å²) in [6.07, 6.45) is -3.84. The summed E-state index contributed by atoms with van der Waals surface area (Å²) in [5.74, 6) is -2.26. The highest BCUT2D eigenvalue weighted by molar-refractivity contribution is 5.78. The van der Waals surface area contributed by atoms with Crippen molar-refractivity contribution < 1.29 is 54.8 Å². The van der Waals surface area contributed by atoms with Crippen molar-refractivity contribution in [1.82, 2.24) is 20.3 Å². The minimum Gasteiger partial charge on any atom is -0.480 e. The molecule has 11 N–H and O–H groups in total. The molecule has 2 unspecified atom stereocenters. The molecule has 3 rings (SSSR count). The molecule has 18 heteroatoms. The summed E-state index contributed by atoms with van der Waals surface area (Å²) >= 11 is 0. The molecule has 1 aliphatic rings. The number of nitrogens with one attached hydrogen (secondary N) is 4. The number of carboxylic acids is 2. The highest BCUT2D eigenvalue weighted by Gasteiger charge is 2.44. The van der Waals surface area contributed by atoms with Crippen molar-refractivity contribution in [3.63, 3.8) is 0 Å². The van der Waals surface area contributed by atoms with Gasteiger partial charge < -0.3 is 66.5 Å². The summed E-state index contributed by atoms with van der Waals surface area (Å²) < 4.78 is 10.6. The van der Waals surface area contributed by atoms with E-state index >= 15 is 0 Å². The summed E-state index contributed by atoms with van der Waals surface area (Å²) in [7, 11) is 0. The van der Waals surface area contributed by atoms with Crippen LogP contribution in [0.5, 0.6) is 0 Å². The number of anilines is 3. The first-order valence-electron chi connectivity index (χ1n) is 17.3. The Hall–Kier alpha value is -3.75. The van der Waals surface area contributed by atoms with Crippen LogP contribution in [0.25, 0.3) is 0 Å². The second-order valence-corrected chi connectivity index (χ2v) is 12.6. The van der Waals surface area contributed by atoms with Gasteiger partial charge in [0.1, 0.15) is 36.5 Å². The van der Waals surface area contributed by atoms with Gasteiger partial charge in [-0.1, -0.05) is 63.4 Å². The molecule has 1 saturated heterocycles. The predicted molar refractivity (Wildman–Crippen MR) is 185 cm³/mol. The van der Waals surface area contributed by atoms with Crippen molar-refractivity contribution in [2.24, 2.45) is 5.92 Å². The molecule has 0 spiro atoms. The average Bonchev–Trinajstić information content (AvgIpc) is 3.11. The van der Waals surface area contributed by atoms with Crippen LogP contribution in [-0.2, 0) is 25.5 Å². The number of carboxylic acid groups (broad SMARTS) is 2. The van der Waals surface area contributed by atoms with Crippen LogP contribution in [0.2, 0.25) is 0 Å². The Morgan fingerprint density at radius 2 is 1.53 bits per heavy atom. The highest BCUT2D eigenvalue weighted by Crippen LogP contribution is 2.22. The van der Waals surface area contributed by atoms with Crippen LogP contribution in [0.4, 0.5) is 17.8 Å². The maximum absolute atomic E-state index is 12.1. The van der Waals surface area contributed by atoms with Gasteiger partial charge in [0.25, 0.3) is 0 Å². The first-order chi connectivity index (χ1) is 24.4. The molecule has 0 aliphatic carbocycles. The van der Waals surface area contributed by atoms with Crippen LogP contribution in [0, 0.1) is 5.92 Å². The van der Waals surface area contributed by atoms with Crippen LogP contribution >= 0.6 is 0 Å². The lowest BCUT2D eigenvalue weighted by Gasteiger charge is -2.39. The van der Waals surface area contributed by atoms with Gasteiger partial charge in [0.2, 0.25) is 17.8 Å². The van der Waals surface area contributed by atoms with Crippen LogP contribution in [0.15, 0.2) is 30.3 Å². The highest BCUT2D eigenvalue weighted by atomic mass is 16.7. The van der Waals surface area contributed by atoms with E-state index in [9.17, 15) is 45.3 Å². The molecule has 1 aromatic heterocycles. The van der Waals surface area contributed by atoms with Gasteiger partial charge in [-0.2, -0.15) is 15.0 Å². The molecule has 1 aliphatic heterocycles. The quantitative estimate of drug-likeness (QED) is 0.0616. The first kappa shape index (κ1) is 41.7. The first-order valence-corrected chi connectivity index (χ1v) is 17.3. The third kappa shape index (κ3) is 13.7. The fraction of sp³-hybridized carbons (Fsp3) is 0.667. The molecule has 2 heterocycles. The number of hydrogen-bond acceptors (Lipinski definition) is 16. The zero-order valence-corrected chi connectivity index (χ0v) is 29.0. The van der Waals surface area contributed by atoms with Crippen LogP contribution in [0.1, 0.15) is 51.5 Å². The lowest BCUT2D eigenvalue weighted by molar-refractivity contribution is -0.304. The van der Waals surface area contributed by atoms with E-state index in [1.54, 1.807) is 6.92 Å². The van der Waals surface area contributed by atoms with E-state index in [0.29, 0.717) is 19.5 Å². The lowest BCUT2D eigenvalue weighted by atomic mass is 9.99. The van der Waals surface area contributed by atoms with E-state index in [2.05, 4.69) is 36.2 Å². The van der Waals surface area contributed by atoms with E-state index in [0.717, 1.165) is 31.2 Å². The number of nitrogens with zero attached hydrogens (tertiary/aromatic N) is 3. The number of benzene rings is 1. The third-order valence-corrected chi connectivity index (χ3v) is 8.53. The smallest absolute Gasteiger partial charge is 0.326 e. The van der Waals surface area contributed by atoms with Gasteiger partial charge >= 0.3 is 11.9 Å². The Morgan fingerprint density at radius 3 is 2.16 bits per heavy atom. The van der Waals surface area contributed by atoms with E-state index in [1.807, 2.05) is 37.3 Å². The molecule has 0 amide bonds. The predicted octanol–water partition coefficient (Wildman–Crippen LogP) is -0.370. The molecule has 0 bridgehead atoms. The Morgan fingerprint density at radius 1 is 0.882 bits per heavy atom. The number of carbonyl (C=O) groups is 2. The van der Waals surface area contributed by atoms with Crippen molar-refractivity contribution in [3.8, 4) is 0 Å². The van der Waals surface area contributed by atoms with E-state index in [4.69, 9.17) is 9.47 Å². The summed E-state index contributed by atoms with van der Waals surface area (Å²) in [5.41, 5.74) is 0.804. The number of aliphatic hydroxyl groups excluding tert-OH is 5. The Labute approximate surface area is 296 Å². The minimum absolute atomic E-state index is 0.00148. The monoisotopic (exact) mass is 723 g/mol. The van der Waals surface area contributed by atoms with Crippen molar-refractivity contribution >= 4 is 29.8 Å². The third-order valence-electron chi connectivity index (χ3n) is 8.53. The molecule has 1 fully saturated rings. The standard InChI is InChI=1S/C33H53N7O11/c1-3-19(2)24(29(48)49)37-33-39-31(38-32(40-33)36-22(28(46)47)15-20-11-7-6-8-12-20)35-14-10-5-4-9-13-34-16-21(42)18-50-30-27(45)26(44)25(43)23(17-41)51-30/h6-8,11-12,19,21-27,30,34,41-45H,3-5,9-10,13-18H2,1-2H3,(H,46,47)(H,48,49)(H3,35,36,37,38,39,40)/t19-,21?,22-,23-,24-,25+,26+,27-,30?/m0/s1. The molecule has 1 aromatic carbocycles. The second kappa shape index (κ2) is 21.6. The van der Waals surface area contributed by atoms with Crippen LogP contribution in [0.3, 0.4) is 0 Å². The zero-order valence-electron chi connectivity index (χ0n) is 29.0. The molecule has 0 saturated carbocycles. The molecular formula is C33H53N7O11. The molecule has 2 aromatic rings. The number of aliphatic carboxylic acids is 2. The van der Waals surface area contributed by atoms with Crippen molar-refractivity contribution in [1.29, 1.82) is 0 Å². The van der Waals surface area contributed by atoms with Crippen LogP contribution in [-0.4, -0.2) is 144 Å². The van der Waals surface area contributed by atoms with Gasteiger partial charge in [-0.3, -0.25) is 0 Å². The van der Waals surface area contributed by atoms with E-state index in [-0.39, 0.29) is 43.3 Å². The number of aliphatic hydroxyl groups is 5. The Balaban J connectivity index is 1.45. The molecule has 9 atom stereocenters. The molecule has 286 valence electrons. The Kier molecular flexibility index (Phi) is 17.6. The molecule has 0 radical (unpaired) electrons. The van der Waals surface area contributed by atoms with E-state index < -0.39 is 67.4 Å². The van der Waals surface area contributed by atoms with Gasteiger partial charge in [0.15, 0.2) is 6.29 Å². The summed E-state index contributed by atoms with van der Waals surface area (Å²) in [6, 6.07) is 7.09. The summed E-state index contributed by atoms with van der Waals surface area (Å²) in [6.45, 7) is 4.22. The Bertz CT molecular complexity index is 1330. The van der Waals surface area contributed by atoms with Crippen molar-refractivity contribution in [2.75, 3.05) is 48.8 Å². The van der Waals surface area contributed by atoms with Gasteiger partial charge in [0.05, 0.1) is 19.3 Å². The lowest BCUT2D eigenvalue weighted by Crippen LogP contribution is -2.59. The maximum atomic E-state index is 12.1. The average molecular weight is 724 g/mol. The molecular weight excluding hydrogens is 670 g/mol. The fourth-order valence-electron chi connectivity index (χ4n) is 5.28. The van der Waals surface area contributed by atoms with Gasteiger partial charge in [-0.05, 0) is 30.9 Å². The normalized spacial score (nSPS) is 22.8. The molecule has 18 nitrogen and oxygen atoms in total. The SMILES string of the molecule is CC[C@H](C)[C@H](Nc1nc(NCCCCCCNCC(O)COC2O[C@@H](CO)[C@@H](O)[C@@H](O)[C@@H]2O)nc(N[C@@H](Cc2ccccc2)C(=O)O)n1)C(=O)O. The van der Waals surface area contributed by atoms with Crippen molar-refractivity contribution in [2.45, 2.75) is 101 Å². The van der Waals surface area contributed by atoms with Crippen molar-refractivity contribution in [3.05, 3.63) is 35.9 Å². The number of ether oxygens (including phenoxy) is 2. The topological polar surface area (TPSA) is 281 Å². The molecule has 51 heavy (non-hydrogen) atoms. The van der Waals surface area contributed by atoms with Gasteiger partial charge in [-0.15, -0.1) is 0 Å². The maximum Gasteiger partial charge on any atom is 0.326 e. The summed E-state index contributed by atoms with van der Waals surface area (Å²) in [5, 5.41) is 80.8. The number of rotatable bonds is 24. The van der Waals surface area contributed by atoms with Gasteiger partial charge in [0, 0.05) is 19.5 Å². The second-order valence-electron chi connectivity index (χ2n) is 12.6. The number of unbranched alkanes of at least 4 members (excludes halogenated alkanes) is 3. The number of aromatic nitrogens is 3. The number of hydrogen-bond donors (Lipinski definition) is 11. The zero-order chi connectivity index (χ0) is 37.3. The van der Waals surface area contributed by atoms with Gasteiger partial charge in [-0.25, -0.2) is 9.59 Å². The minimum atomic E-state index is -1.56. The van der Waals surface area contributed by atoms with E-state index in [1.165, 1.54) is 0 Å². The fourth-order valence-corrected chi connectivity index (χ4v) is 5.28. The summed E-state index contributed by atoms with van der Waals surface area (Å²) in [4.78, 5) is 37.0.